The Kier molecular flexibility index (Phi) is 5.19. The Morgan fingerprint density at radius 1 is 1.27 bits per heavy atom. The first kappa shape index (κ1) is 17.5. The molecule has 0 fully saturated rings. The summed E-state index contributed by atoms with van der Waals surface area (Å²) >= 11 is 6.13. The van der Waals surface area contributed by atoms with Gasteiger partial charge in [0.25, 0.3) is 0 Å². The van der Waals surface area contributed by atoms with E-state index in [1.54, 1.807) is 30.5 Å². The third-order valence-electron chi connectivity index (χ3n) is 3.51. The maximum atomic E-state index is 11.9. The van der Waals surface area contributed by atoms with Crippen molar-refractivity contribution < 1.29 is 19.4 Å². The zero-order chi connectivity index (χ0) is 18.5. The summed E-state index contributed by atoms with van der Waals surface area (Å²) in [5.41, 5.74) is 1.61. The maximum absolute atomic E-state index is 11.9. The molecule has 0 aliphatic rings. The molecule has 3 rings (SSSR count). The third-order valence-corrected chi connectivity index (χ3v) is 3.81. The predicted octanol–water partition coefficient (Wildman–Crippen LogP) is 3.57. The number of hydrogen-bond acceptors (Lipinski definition) is 4. The van der Waals surface area contributed by atoms with Crippen molar-refractivity contribution in [1.82, 2.24) is 15.5 Å². The lowest BCUT2D eigenvalue weighted by atomic mass is 10.1. The second-order valence-corrected chi connectivity index (χ2v) is 5.79. The Balaban J connectivity index is 1.74. The number of carboxylic acids is 1. The fourth-order valence-corrected chi connectivity index (χ4v) is 2.58. The Morgan fingerprint density at radius 2 is 2.04 bits per heavy atom. The molecule has 2 aromatic carbocycles. The van der Waals surface area contributed by atoms with Gasteiger partial charge in [-0.3, -0.25) is 10.4 Å². The van der Waals surface area contributed by atoms with E-state index in [-0.39, 0.29) is 12.3 Å². The number of H-pyrrole nitrogens is 1. The van der Waals surface area contributed by atoms with Gasteiger partial charge in [0, 0.05) is 5.39 Å². The molecule has 0 aliphatic heterocycles. The summed E-state index contributed by atoms with van der Waals surface area (Å²) in [4.78, 5) is 23.3. The Morgan fingerprint density at radius 3 is 2.77 bits per heavy atom. The molecule has 0 radical (unpaired) electrons. The molecule has 0 aliphatic carbocycles. The number of aromatic amines is 1. The number of amides is 1. The van der Waals surface area contributed by atoms with Gasteiger partial charge in [-0.1, -0.05) is 41.9 Å². The average molecular weight is 372 g/mol. The van der Waals surface area contributed by atoms with E-state index in [2.05, 4.69) is 15.5 Å². The molecular weight excluding hydrogens is 358 g/mol. The van der Waals surface area contributed by atoms with E-state index < -0.39 is 12.1 Å². The SMILES string of the molecule is O=C(NC(=Cc1cc(Cl)c2[nH]ncc2c1)C(=O)O)OCc1ccccc1. The highest BCUT2D eigenvalue weighted by molar-refractivity contribution is 6.35. The van der Waals surface area contributed by atoms with Crippen LogP contribution in [0.4, 0.5) is 4.79 Å². The molecular formula is C18H14ClN3O4. The fraction of sp³-hybridized carbons (Fsp3) is 0.0556. The van der Waals surface area contributed by atoms with Crippen molar-refractivity contribution in [3.63, 3.8) is 0 Å². The van der Waals surface area contributed by atoms with Crippen molar-refractivity contribution in [2.45, 2.75) is 6.61 Å². The molecule has 8 heteroatoms. The first-order valence-electron chi connectivity index (χ1n) is 7.58. The summed E-state index contributed by atoms with van der Waals surface area (Å²) in [6.45, 7) is 0.0341. The van der Waals surface area contributed by atoms with E-state index in [1.807, 2.05) is 18.2 Å². The number of alkyl carbamates (subject to hydrolysis) is 1. The lowest BCUT2D eigenvalue weighted by molar-refractivity contribution is -0.132. The van der Waals surface area contributed by atoms with Crippen molar-refractivity contribution in [1.29, 1.82) is 0 Å². The topological polar surface area (TPSA) is 104 Å². The van der Waals surface area contributed by atoms with Gasteiger partial charge in [-0.2, -0.15) is 5.10 Å². The maximum Gasteiger partial charge on any atom is 0.412 e. The molecule has 0 saturated heterocycles. The van der Waals surface area contributed by atoms with Crippen LogP contribution in [0, 0.1) is 0 Å². The Labute approximate surface area is 153 Å². The van der Waals surface area contributed by atoms with Crippen LogP contribution >= 0.6 is 11.6 Å². The number of nitrogens with one attached hydrogen (secondary N) is 2. The van der Waals surface area contributed by atoms with Crippen molar-refractivity contribution in [2.24, 2.45) is 0 Å². The first-order chi connectivity index (χ1) is 12.5. The highest BCUT2D eigenvalue weighted by Gasteiger charge is 2.13. The van der Waals surface area contributed by atoms with Crippen LogP contribution in [0.3, 0.4) is 0 Å². The number of ether oxygens (including phenoxy) is 1. The quantitative estimate of drug-likeness (QED) is 0.595. The van der Waals surface area contributed by atoms with Crippen molar-refractivity contribution in [2.75, 3.05) is 0 Å². The largest absolute Gasteiger partial charge is 0.477 e. The lowest BCUT2D eigenvalue weighted by Gasteiger charge is -2.08. The number of rotatable bonds is 5. The molecule has 132 valence electrons. The summed E-state index contributed by atoms with van der Waals surface area (Å²) < 4.78 is 5.03. The van der Waals surface area contributed by atoms with E-state index >= 15 is 0 Å². The summed E-state index contributed by atoms with van der Waals surface area (Å²) in [5, 5.41) is 19.3. The molecule has 1 aromatic heterocycles. The molecule has 3 N–H and O–H groups in total. The number of carbonyl (C=O) groups excluding carboxylic acids is 1. The van der Waals surface area contributed by atoms with Crippen molar-refractivity contribution >= 4 is 40.6 Å². The minimum atomic E-state index is -1.30. The van der Waals surface area contributed by atoms with Crippen LogP contribution in [0.15, 0.2) is 54.4 Å². The summed E-state index contributed by atoms with van der Waals surface area (Å²) in [5.74, 6) is -1.30. The Hall–Kier alpha value is -3.32. The van der Waals surface area contributed by atoms with Crippen LogP contribution in [-0.4, -0.2) is 27.4 Å². The number of aromatic nitrogens is 2. The number of nitrogens with zero attached hydrogens (tertiary/aromatic N) is 1. The van der Waals surface area contributed by atoms with Gasteiger partial charge in [0.2, 0.25) is 0 Å². The zero-order valence-corrected chi connectivity index (χ0v) is 14.2. The molecule has 26 heavy (non-hydrogen) atoms. The normalized spacial score (nSPS) is 11.3. The number of halogens is 1. The minimum Gasteiger partial charge on any atom is -0.477 e. The molecule has 1 heterocycles. The van der Waals surface area contributed by atoms with E-state index in [0.29, 0.717) is 16.1 Å². The molecule has 0 spiro atoms. The number of fused-ring (bicyclic) bond motifs is 1. The second-order valence-electron chi connectivity index (χ2n) is 5.39. The van der Waals surface area contributed by atoms with Gasteiger partial charge in [-0.25, -0.2) is 9.59 Å². The van der Waals surface area contributed by atoms with E-state index in [9.17, 15) is 14.7 Å². The Bertz CT molecular complexity index is 983. The number of aliphatic carboxylic acids is 1. The van der Waals surface area contributed by atoms with Crippen LogP contribution in [0.2, 0.25) is 5.02 Å². The fourth-order valence-electron chi connectivity index (χ4n) is 2.31. The van der Waals surface area contributed by atoms with Gasteiger partial charge in [0.1, 0.15) is 12.3 Å². The van der Waals surface area contributed by atoms with Gasteiger partial charge >= 0.3 is 12.1 Å². The number of benzene rings is 2. The van der Waals surface area contributed by atoms with Gasteiger partial charge in [-0.05, 0) is 29.3 Å². The average Bonchev–Trinajstić information content (AvgIpc) is 3.09. The molecule has 3 aromatic rings. The smallest absolute Gasteiger partial charge is 0.412 e. The molecule has 0 saturated carbocycles. The van der Waals surface area contributed by atoms with Crippen LogP contribution in [0.25, 0.3) is 17.0 Å². The number of carboxylic acid groups (broad SMARTS) is 1. The summed E-state index contributed by atoms with van der Waals surface area (Å²) in [6.07, 6.45) is 2.00. The highest BCUT2D eigenvalue weighted by Crippen LogP contribution is 2.24. The molecule has 0 bridgehead atoms. The second kappa shape index (κ2) is 7.71. The van der Waals surface area contributed by atoms with Gasteiger partial charge in [0.15, 0.2) is 0 Å². The molecule has 7 nitrogen and oxygen atoms in total. The first-order valence-corrected chi connectivity index (χ1v) is 7.96. The highest BCUT2D eigenvalue weighted by atomic mass is 35.5. The van der Waals surface area contributed by atoms with E-state index in [4.69, 9.17) is 16.3 Å². The minimum absolute atomic E-state index is 0.0341. The summed E-state index contributed by atoms with van der Waals surface area (Å²) in [7, 11) is 0. The molecule has 0 unspecified atom stereocenters. The van der Waals surface area contributed by atoms with Gasteiger partial charge in [0.05, 0.1) is 16.7 Å². The van der Waals surface area contributed by atoms with Crippen molar-refractivity contribution in [3.8, 4) is 0 Å². The van der Waals surface area contributed by atoms with Crippen LogP contribution in [-0.2, 0) is 16.1 Å². The van der Waals surface area contributed by atoms with Crippen LogP contribution in [0.5, 0.6) is 0 Å². The lowest BCUT2D eigenvalue weighted by Crippen LogP contribution is -2.27. The summed E-state index contributed by atoms with van der Waals surface area (Å²) in [6, 6.07) is 12.3. The van der Waals surface area contributed by atoms with Crippen LogP contribution in [0.1, 0.15) is 11.1 Å². The van der Waals surface area contributed by atoms with Gasteiger partial charge in [-0.15, -0.1) is 0 Å². The third kappa shape index (κ3) is 4.20. The van der Waals surface area contributed by atoms with Crippen molar-refractivity contribution in [3.05, 3.63) is 70.5 Å². The predicted molar refractivity (Wildman–Crippen MR) is 96.5 cm³/mol. The number of hydrogen-bond donors (Lipinski definition) is 3. The van der Waals surface area contributed by atoms with Gasteiger partial charge < -0.3 is 9.84 Å². The van der Waals surface area contributed by atoms with E-state index in [0.717, 1.165) is 10.9 Å². The molecule has 0 atom stereocenters. The van der Waals surface area contributed by atoms with Crippen LogP contribution < -0.4 is 5.32 Å². The number of carbonyl (C=O) groups is 2. The standard InChI is InChI=1S/C18H14ClN3O4/c19-14-7-12(6-13-9-20-22-16(13)14)8-15(17(23)24)21-18(25)26-10-11-4-2-1-3-5-11/h1-9H,10H2,(H,20,22)(H,21,25)(H,23,24). The monoisotopic (exact) mass is 371 g/mol. The van der Waals surface area contributed by atoms with E-state index in [1.165, 1.54) is 6.08 Å². The zero-order valence-electron chi connectivity index (χ0n) is 13.4. The molecule has 1 amide bonds.